The zero-order valence-electron chi connectivity index (χ0n) is 13.1. The van der Waals surface area contributed by atoms with Gasteiger partial charge in [0.1, 0.15) is 5.82 Å². The molecule has 1 amide bonds. The molecule has 24 heavy (non-hydrogen) atoms. The second-order valence-corrected chi connectivity index (χ2v) is 5.58. The number of carbonyl (C=O) groups excluding carboxylic acids is 1. The molecule has 0 fully saturated rings. The number of rotatable bonds is 6. The van der Waals surface area contributed by atoms with Gasteiger partial charge in [-0.2, -0.15) is 0 Å². The summed E-state index contributed by atoms with van der Waals surface area (Å²) in [6.07, 6.45) is 0.883. The number of hydrogen-bond acceptors (Lipinski definition) is 2. The van der Waals surface area contributed by atoms with E-state index in [4.69, 9.17) is 0 Å². The Bertz CT molecular complexity index is 897. The largest absolute Gasteiger partial charge is 0.354 e. The summed E-state index contributed by atoms with van der Waals surface area (Å²) in [5.74, 6) is -0.375. The fourth-order valence-electron chi connectivity index (χ4n) is 2.63. The Morgan fingerprint density at radius 3 is 2.67 bits per heavy atom. The zero-order chi connectivity index (χ0) is 16.9. The number of imidazole rings is 1. The Hall–Kier alpha value is -2.89. The van der Waals surface area contributed by atoms with Crippen LogP contribution in [0.25, 0.3) is 11.0 Å². The molecule has 2 N–H and O–H groups in total. The average Bonchev–Trinajstić information content (AvgIpc) is 2.90. The van der Waals surface area contributed by atoms with E-state index in [1.54, 1.807) is 16.7 Å². The van der Waals surface area contributed by atoms with Gasteiger partial charge in [0.05, 0.1) is 11.0 Å². The fraction of sp³-hybridized carbons (Fsp3) is 0.222. The number of amides is 1. The van der Waals surface area contributed by atoms with Crippen molar-refractivity contribution in [1.82, 2.24) is 14.9 Å². The summed E-state index contributed by atoms with van der Waals surface area (Å²) in [6.45, 7) is 0.787. The molecule has 0 aliphatic heterocycles. The van der Waals surface area contributed by atoms with E-state index >= 15 is 0 Å². The maximum atomic E-state index is 12.8. The summed E-state index contributed by atoms with van der Waals surface area (Å²) < 4.78 is 14.4. The Morgan fingerprint density at radius 1 is 1.12 bits per heavy atom. The predicted molar refractivity (Wildman–Crippen MR) is 90.3 cm³/mol. The van der Waals surface area contributed by atoms with Crippen LogP contribution in [0.2, 0.25) is 0 Å². The minimum absolute atomic E-state index is 0.0905. The van der Waals surface area contributed by atoms with Gasteiger partial charge in [0.15, 0.2) is 0 Å². The number of nitrogens with zero attached hydrogens (tertiary/aromatic N) is 1. The summed E-state index contributed by atoms with van der Waals surface area (Å²) in [5, 5.41) is 2.81. The summed E-state index contributed by atoms with van der Waals surface area (Å²) >= 11 is 0. The van der Waals surface area contributed by atoms with Crippen LogP contribution in [0.4, 0.5) is 4.39 Å². The molecule has 5 nitrogen and oxygen atoms in total. The molecule has 3 aromatic rings. The standard InChI is InChI=1S/C18H18FN3O2/c19-14-8-5-13(6-9-14)7-10-17(23)20-11-12-22-16-4-2-1-3-15(16)21-18(22)24/h1-6,8-9H,7,10-12H2,(H,20,23)(H,21,24). The van der Waals surface area contributed by atoms with Crippen molar-refractivity contribution in [2.75, 3.05) is 6.54 Å². The van der Waals surface area contributed by atoms with Crippen LogP contribution in [0, 0.1) is 5.82 Å². The lowest BCUT2D eigenvalue weighted by Crippen LogP contribution is -2.30. The summed E-state index contributed by atoms with van der Waals surface area (Å²) in [7, 11) is 0. The molecule has 1 heterocycles. The van der Waals surface area contributed by atoms with Gasteiger partial charge in [0.25, 0.3) is 0 Å². The average molecular weight is 327 g/mol. The summed E-state index contributed by atoms with van der Waals surface area (Å²) in [6, 6.07) is 13.6. The summed E-state index contributed by atoms with van der Waals surface area (Å²) in [5.41, 5.74) is 2.34. The lowest BCUT2D eigenvalue weighted by molar-refractivity contribution is -0.121. The van der Waals surface area contributed by atoms with Gasteiger partial charge >= 0.3 is 5.69 Å². The fourth-order valence-corrected chi connectivity index (χ4v) is 2.63. The maximum Gasteiger partial charge on any atom is 0.326 e. The molecule has 0 atom stereocenters. The number of aromatic nitrogens is 2. The first kappa shape index (κ1) is 16.0. The second kappa shape index (κ2) is 7.12. The number of para-hydroxylation sites is 2. The maximum absolute atomic E-state index is 12.8. The topological polar surface area (TPSA) is 66.9 Å². The van der Waals surface area contributed by atoms with Crippen molar-refractivity contribution < 1.29 is 9.18 Å². The number of H-pyrrole nitrogens is 1. The van der Waals surface area contributed by atoms with Crippen molar-refractivity contribution in [2.45, 2.75) is 19.4 Å². The molecule has 0 bridgehead atoms. The quantitative estimate of drug-likeness (QED) is 0.729. The SMILES string of the molecule is O=C(CCc1ccc(F)cc1)NCCn1c(=O)[nH]c2ccccc21. The molecule has 0 saturated carbocycles. The normalized spacial score (nSPS) is 10.9. The van der Waals surface area contributed by atoms with E-state index in [9.17, 15) is 14.0 Å². The number of hydrogen-bond donors (Lipinski definition) is 2. The molecule has 0 aliphatic carbocycles. The molecule has 3 rings (SSSR count). The highest BCUT2D eigenvalue weighted by Gasteiger charge is 2.07. The van der Waals surface area contributed by atoms with Crippen LogP contribution in [0.15, 0.2) is 53.3 Å². The van der Waals surface area contributed by atoms with Gasteiger partial charge < -0.3 is 10.3 Å². The number of carbonyl (C=O) groups is 1. The van der Waals surface area contributed by atoms with Crippen LogP contribution >= 0.6 is 0 Å². The Kier molecular flexibility index (Phi) is 4.74. The van der Waals surface area contributed by atoms with E-state index in [0.717, 1.165) is 16.6 Å². The van der Waals surface area contributed by atoms with Crippen molar-refractivity contribution in [3.8, 4) is 0 Å². The van der Waals surface area contributed by atoms with E-state index in [1.807, 2.05) is 24.3 Å². The smallest absolute Gasteiger partial charge is 0.326 e. The second-order valence-electron chi connectivity index (χ2n) is 5.58. The van der Waals surface area contributed by atoms with Crippen molar-refractivity contribution in [3.63, 3.8) is 0 Å². The Labute approximate surface area is 138 Å². The van der Waals surface area contributed by atoms with Gasteiger partial charge in [-0.25, -0.2) is 9.18 Å². The van der Waals surface area contributed by atoms with Gasteiger partial charge in [0.2, 0.25) is 5.91 Å². The molecule has 0 saturated heterocycles. The first-order valence-corrected chi connectivity index (χ1v) is 7.82. The number of aryl methyl sites for hydroxylation is 1. The van der Waals surface area contributed by atoms with Gasteiger partial charge in [-0.3, -0.25) is 9.36 Å². The van der Waals surface area contributed by atoms with Crippen molar-refractivity contribution in [3.05, 3.63) is 70.4 Å². The third-order valence-electron chi connectivity index (χ3n) is 3.89. The third kappa shape index (κ3) is 3.71. The van der Waals surface area contributed by atoms with E-state index < -0.39 is 0 Å². The number of halogens is 1. The predicted octanol–water partition coefficient (Wildman–Crippen LogP) is 2.22. The number of nitrogens with one attached hydrogen (secondary N) is 2. The van der Waals surface area contributed by atoms with Crippen molar-refractivity contribution in [2.24, 2.45) is 0 Å². The molecule has 0 unspecified atom stereocenters. The molecule has 1 aromatic heterocycles. The van der Waals surface area contributed by atoms with E-state index in [-0.39, 0.29) is 17.4 Å². The highest BCUT2D eigenvalue weighted by atomic mass is 19.1. The molecule has 0 spiro atoms. The number of aromatic amines is 1. The molecule has 0 aliphatic rings. The minimum Gasteiger partial charge on any atom is -0.354 e. The van der Waals surface area contributed by atoms with Crippen molar-refractivity contribution >= 4 is 16.9 Å². The number of benzene rings is 2. The van der Waals surface area contributed by atoms with E-state index in [2.05, 4.69) is 10.3 Å². The van der Waals surface area contributed by atoms with Gasteiger partial charge in [-0.05, 0) is 36.2 Å². The van der Waals surface area contributed by atoms with Crippen LogP contribution in [0.1, 0.15) is 12.0 Å². The van der Waals surface area contributed by atoms with E-state index in [0.29, 0.717) is 25.9 Å². The van der Waals surface area contributed by atoms with Crippen molar-refractivity contribution in [1.29, 1.82) is 0 Å². The van der Waals surface area contributed by atoms with E-state index in [1.165, 1.54) is 12.1 Å². The van der Waals surface area contributed by atoms with Gasteiger partial charge in [-0.15, -0.1) is 0 Å². The number of fused-ring (bicyclic) bond motifs is 1. The molecule has 0 radical (unpaired) electrons. The van der Waals surface area contributed by atoms with Crippen LogP contribution in [0.5, 0.6) is 0 Å². The lowest BCUT2D eigenvalue weighted by atomic mass is 10.1. The minimum atomic E-state index is -0.285. The monoisotopic (exact) mass is 327 g/mol. The first-order valence-electron chi connectivity index (χ1n) is 7.82. The van der Waals surface area contributed by atoms with Gasteiger partial charge in [0, 0.05) is 19.5 Å². The van der Waals surface area contributed by atoms with Crippen LogP contribution in [0.3, 0.4) is 0 Å². The molecule has 6 heteroatoms. The molecular weight excluding hydrogens is 309 g/mol. The lowest BCUT2D eigenvalue weighted by Gasteiger charge is -2.06. The Balaban J connectivity index is 1.50. The molecule has 2 aromatic carbocycles. The zero-order valence-corrected chi connectivity index (χ0v) is 13.1. The molecule has 124 valence electrons. The van der Waals surface area contributed by atoms with Crippen LogP contribution in [-0.4, -0.2) is 22.0 Å². The first-order chi connectivity index (χ1) is 11.6. The van der Waals surface area contributed by atoms with Gasteiger partial charge in [-0.1, -0.05) is 24.3 Å². The van der Waals surface area contributed by atoms with Crippen LogP contribution in [-0.2, 0) is 17.8 Å². The highest BCUT2D eigenvalue weighted by molar-refractivity contribution is 5.76. The molecular formula is C18H18FN3O2. The summed E-state index contributed by atoms with van der Waals surface area (Å²) in [4.78, 5) is 26.6. The Morgan fingerprint density at radius 2 is 1.88 bits per heavy atom. The van der Waals surface area contributed by atoms with Crippen LogP contribution < -0.4 is 11.0 Å². The highest BCUT2D eigenvalue weighted by Crippen LogP contribution is 2.08. The third-order valence-corrected chi connectivity index (χ3v) is 3.89.